The van der Waals surface area contributed by atoms with Gasteiger partial charge in [0.05, 0.1) is 41.2 Å². The summed E-state index contributed by atoms with van der Waals surface area (Å²) in [5.74, 6) is -0.0291. The fourth-order valence-corrected chi connectivity index (χ4v) is 7.99. The van der Waals surface area contributed by atoms with E-state index in [1.54, 1.807) is 17.0 Å². The molecule has 51 heavy (non-hydrogen) atoms. The van der Waals surface area contributed by atoms with Gasteiger partial charge in [0.25, 0.3) is 5.91 Å². The van der Waals surface area contributed by atoms with Crippen LogP contribution >= 0.6 is 23.2 Å². The van der Waals surface area contributed by atoms with E-state index in [0.717, 1.165) is 60.9 Å². The normalized spacial score (nSPS) is 14.5. The Kier molecular flexibility index (Phi) is 8.80. The molecule has 1 amide bonds. The number of fused-ring (bicyclic) bond motifs is 4. The van der Waals surface area contributed by atoms with Crippen molar-refractivity contribution in [3.63, 3.8) is 0 Å². The molecule has 0 fully saturated rings. The molecule has 2 N–H and O–H groups in total. The van der Waals surface area contributed by atoms with Gasteiger partial charge in [-0.25, -0.2) is 4.79 Å². The summed E-state index contributed by atoms with van der Waals surface area (Å²) in [4.78, 5) is 31.7. The van der Waals surface area contributed by atoms with Crippen molar-refractivity contribution in [3.05, 3.63) is 92.0 Å². The molecule has 0 radical (unpaired) electrons. The van der Waals surface area contributed by atoms with Gasteiger partial charge in [-0.2, -0.15) is 5.10 Å². The number of hydrogen-bond acceptors (Lipinski definition) is 5. The maximum absolute atomic E-state index is 15.0. The second-order valence-corrected chi connectivity index (χ2v) is 14.1. The molecule has 1 atom stereocenters. The number of benzene rings is 3. The number of methoxy groups -OCH3 is 1. The molecule has 0 spiro atoms. The van der Waals surface area contributed by atoms with Crippen molar-refractivity contribution < 1.29 is 24.2 Å². The molecule has 10 nitrogen and oxygen atoms in total. The van der Waals surface area contributed by atoms with E-state index in [2.05, 4.69) is 16.5 Å². The van der Waals surface area contributed by atoms with Crippen LogP contribution in [0.3, 0.4) is 0 Å². The van der Waals surface area contributed by atoms with Gasteiger partial charge in [-0.15, -0.1) is 0 Å². The Morgan fingerprint density at radius 2 is 1.76 bits per heavy atom. The summed E-state index contributed by atoms with van der Waals surface area (Å²) in [7, 11) is 3.45. The lowest BCUT2D eigenvalue weighted by molar-refractivity contribution is 0.0691. The Hall–Kier alpha value is -4.93. The number of carboxylic acids is 1. The van der Waals surface area contributed by atoms with Gasteiger partial charge < -0.3 is 29.0 Å². The van der Waals surface area contributed by atoms with Crippen molar-refractivity contribution in [1.29, 1.82) is 0 Å². The lowest BCUT2D eigenvalue weighted by Gasteiger charge is -2.34. The number of aryl methyl sites for hydroxylation is 5. The van der Waals surface area contributed by atoms with Crippen molar-refractivity contribution in [2.75, 3.05) is 25.2 Å². The molecule has 1 aliphatic heterocycles. The smallest absolute Gasteiger partial charge is 0.352 e. The zero-order chi connectivity index (χ0) is 36.5. The molecule has 4 heterocycles. The molecule has 3 aromatic heterocycles. The number of aromatic nitrogens is 4. The molecular formula is C39H39Cl2N5O5. The molecule has 12 heteroatoms. The van der Waals surface area contributed by atoms with Crippen LogP contribution in [0.1, 0.15) is 68.4 Å². The third-order valence-electron chi connectivity index (χ3n) is 10.0. The molecular weight excluding hydrogens is 689 g/mol. The molecule has 0 aliphatic carbocycles. The molecule has 1 unspecified atom stereocenters. The van der Waals surface area contributed by atoms with Gasteiger partial charge >= 0.3 is 5.97 Å². The standard InChI is InChI=1S/C39H39Cl2N5O5/c1-19-15-24(16-20(2)34(19)41)51-14-8-9-25-26-10-11-28(40)33(32-22(4)43-44(6)23(32)5)36(26)46-21(3)18-45(38(47)37(25)46)30-12-13-31(50-7)27-17-29(39(48)49)42-35(27)30/h10-13,15-17,21,42H,8-9,14,18H2,1-7H3,(H,48,49). The number of carbonyl (C=O) groups is 2. The summed E-state index contributed by atoms with van der Waals surface area (Å²) in [6, 6.07) is 12.7. The van der Waals surface area contributed by atoms with Gasteiger partial charge in [-0.1, -0.05) is 29.3 Å². The number of ether oxygens (including phenoxy) is 2. The van der Waals surface area contributed by atoms with E-state index in [0.29, 0.717) is 59.0 Å². The van der Waals surface area contributed by atoms with Crippen molar-refractivity contribution in [1.82, 2.24) is 19.3 Å². The summed E-state index contributed by atoms with van der Waals surface area (Å²) in [5, 5.41) is 17.3. The first kappa shape index (κ1) is 34.5. The van der Waals surface area contributed by atoms with Crippen molar-refractivity contribution >= 4 is 62.6 Å². The Morgan fingerprint density at radius 1 is 1.04 bits per heavy atom. The Morgan fingerprint density at radius 3 is 2.41 bits per heavy atom. The third-order valence-corrected chi connectivity index (χ3v) is 10.9. The number of H-pyrrole nitrogens is 1. The molecule has 0 saturated heterocycles. The number of carboxylic acid groups (broad SMARTS) is 1. The van der Waals surface area contributed by atoms with Crippen LogP contribution < -0.4 is 14.4 Å². The van der Waals surface area contributed by atoms with E-state index < -0.39 is 5.97 Å². The van der Waals surface area contributed by atoms with E-state index in [9.17, 15) is 14.7 Å². The predicted octanol–water partition coefficient (Wildman–Crippen LogP) is 9.00. The average molecular weight is 729 g/mol. The monoisotopic (exact) mass is 727 g/mol. The second-order valence-electron chi connectivity index (χ2n) is 13.3. The summed E-state index contributed by atoms with van der Waals surface area (Å²) in [6.45, 7) is 10.8. The predicted molar refractivity (Wildman–Crippen MR) is 202 cm³/mol. The molecule has 7 rings (SSSR count). The first-order valence-corrected chi connectivity index (χ1v) is 17.6. The number of aromatic amines is 1. The SMILES string of the molecule is COc1ccc(N2CC(C)n3c(c(CCCOc4cc(C)c(Cl)c(C)c4)c4ccc(Cl)c(-c5c(C)nn(C)c5C)c43)C2=O)c2[nH]c(C(=O)O)cc12. The van der Waals surface area contributed by atoms with Crippen molar-refractivity contribution in [3.8, 4) is 22.6 Å². The van der Waals surface area contributed by atoms with E-state index in [1.165, 1.54) is 13.2 Å². The quantitative estimate of drug-likeness (QED) is 0.144. The number of aromatic carboxylic acids is 1. The molecule has 264 valence electrons. The minimum Gasteiger partial charge on any atom is -0.496 e. The number of nitrogens with zero attached hydrogens (tertiary/aromatic N) is 4. The second kappa shape index (κ2) is 13.0. The van der Waals surface area contributed by atoms with E-state index in [1.807, 2.05) is 63.7 Å². The Labute approximate surface area is 305 Å². The zero-order valence-electron chi connectivity index (χ0n) is 29.6. The van der Waals surface area contributed by atoms with Crippen molar-refractivity contribution in [2.24, 2.45) is 7.05 Å². The average Bonchev–Trinajstić information content (AvgIpc) is 3.76. The highest BCUT2D eigenvalue weighted by molar-refractivity contribution is 6.35. The van der Waals surface area contributed by atoms with Crippen LogP contribution in [0.25, 0.3) is 32.9 Å². The maximum Gasteiger partial charge on any atom is 0.352 e. The topological polar surface area (TPSA) is 115 Å². The molecule has 1 aliphatic rings. The minimum atomic E-state index is -1.10. The minimum absolute atomic E-state index is 0.00984. The maximum atomic E-state index is 15.0. The highest BCUT2D eigenvalue weighted by Crippen LogP contribution is 2.46. The fraction of sp³-hybridized carbons (Fsp3) is 0.308. The molecule has 3 aromatic carbocycles. The zero-order valence-corrected chi connectivity index (χ0v) is 31.1. The van der Waals surface area contributed by atoms with Crippen LogP contribution in [0.4, 0.5) is 5.69 Å². The van der Waals surface area contributed by atoms with E-state index in [4.69, 9.17) is 37.8 Å². The first-order valence-electron chi connectivity index (χ1n) is 16.8. The van der Waals surface area contributed by atoms with Gasteiger partial charge in [0, 0.05) is 52.3 Å². The summed E-state index contributed by atoms with van der Waals surface area (Å²) in [6.07, 6.45) is 1.20. The van der Waals surface area contributed by atoms with Crippen molar-refractivity contribution in [2.45, 2.75) is 53.5 Å². The summed E-state index contributed by atoms with van der Waals surface area (Å²) in [5.41, 5.74) is 8.99. The number of halogens is 2. The highest BCUT2D eigenvalue weighted by atomic mass is 35.5. The number of anilines is 1. The number of carbonyl (C=O) groups excluding carboxylic acids is 1. The van der Waals surface area contributed by atoms with Crippen LogP contribution in [0.2, 0.25) is 10.0 Å². The third kappa shape index (κ3) is 5.61. The van der Waals surface area contributed by atoms with E-state index in [-0.39, 0.29) is 17.6 Å². The Balaban J connectivity index is 1.38. The van der Waals surface area contributed by atoms with E-state index >= 15 is 0 Å². The van der Waals surface area contributed by atoms with Crippen LogP contribution in [0.15, 0.2) is 42.5 Å². The molecule has 0 saturated carbocycles. The first-order chi connectivity index (χ1) is 24.3. The summed E-state index contributed by atoms with van der Waals surface area (Å²) < 4.78 is 15.8. The summed E-state index contributed by atoms with van der Waals surface area (Å²) >= 11 is 13.5. The van der Waals surface area contributed by atoms with Gasteiger partial charge in [-0.3, -0.25) is 9.48 Å². The number of amides is 1. The van der Waals surface area contributed by atoms with Gasteiger partial charge in [0.1, 0.15) is 22.9 Å². The highest BCUT2D eigenvalue weighted by Gasteiger charge is 2.37. The van der Waals surface area contributed by atoms with Crippen LogP contribution in [0, 0.1) is 27.7 Å². The van der Waals surface area contributed by atoms with Gasteiger partial charge in [-0.05, 0) is 101 Å². The van der Waals surface area contributed by atoms with Crippen LogP contribution in [-0.4, -0.2) is 56.6 Å². The van der Waals surface area contributed by atoms with Crippen LogP contribution in [0.5, 0.6) is 11.5 Å². The number of hydrogen-bond donors (Lipinski definition) is 2. The van der Waals surface area contributed by atoms with Gasteiger partial charge in [0.2, 0.25) is 0 Å². The lowest BCUT2D eigenvalue weighted by atomic mass is 9.98. The number of nitrogens with one attached hydrogen (secondary N) is 1. The van der Waals surface area contributed by atoms with Gasteiger partial charge in [0.15, 0.2) is 0 Å². The largest absolute Gasteiger partial charge is 0.496 e. The molecule has 6 aromatic rings. The van der Waals surface area contributed by atoms with Crippen LogP contribution in [-0.2, 0) is 13.5 Å². The number of rotatable bonds is 9. The molecule has 0 bridgehead atoms. The lowest BCUT2D eigenvalue weighted by Crippen LogP contribution is -2.42. The fourth-order valence-electron chi connectivity index (χ4n) is 7.63. The Bertz CT molecular complexity index is 2380.